The van der Waals surface area contributed by atoms with E-state index >= 15 is 0 Å². The summed E-state index contributed by atoms with van der Waals surface area (Å²) in [6.07, 6.45) is 0. The minimum Gasteiger partial charge on any atom is -0.332 e. The van der Waals surface area contributed by atoms with Gasteiger partial charge in [-0.3, -0.25) is 0 Å². The molecule has 0 bridgehead atoms. The Labute approximate surface area is 139 Å². The quantitative estimate of drug-likeness (QED) is 0.746. The van der Waals surface area contributed by atoms with Crippen molar-refractivity contribution < 1.29 is 4.79 Å². The summed E-state index contributed by atoms with van der Waals surface area (Å²) in [6, 6.07) is 17.4. The van der Waals surface area contributed by atoms with Gasteiger partial charge < -0.3 is 10.6 Å². The van der Waals surface area contributed by atoms with Crippen LogP contribution in [0.25, 0.3) is 10.6 Å². The van der Waals surface area contributed by atoms with Gasteiger partial charge in [-0.15, -0.1) is 11.3 Å². The molecule has 4 nitrogen and oxygen atoms in total. The van der Waals surface area contributed by atoms with Crippen molar-refractivity contribution >= 4 is 23.1 Å². The highest BCUT2D eigenvalue weighted by molar-refractivity contribution is 7.13. The van der Waals surface area contributed by atoms with Crippen molar-refractivity contribution in [2.24, 2.45) is 0 Å². The lowest BCUT2D eigenvalue weighted by Gasteiger charge is -2.06. The molecule has 0 aliphatic heterocycles. The molecule has 23 heavy (non-hydrogen) atoms. The number of nitrogens with zero attached hydrogens (tertiary/aromatic N) is 1. The Morgan fingerprint density at radius 3 is 2.74 bits per heavy atom. The third-order valence-corrected chi connectivity index (χ3v) is 4.22. The van der Waals surface area contributed by atoms with Crippen LogP contribution in [0.1, 0.15) is 11.3 Å². The molecular formula is C18H17N3OS. The van der Waals surface area contributed by atoms with E-state index < -0.39 is 0 Å². The lowest BCUT2D eigenvalue weighted by molar-refractivity contribution is 0.251. The van der Waals surface area contributed by atoms with Gasteiger partial charge in [-0.05, 0) is 25.1 Å². The zero-order valence-electron chi connectivity index (χ0n) is 12.7. The molecule has 0 fully saturated rings. The van der Waals surface area contributed by atoms with Crippen LogP contribution >= 0.6 is 11.3 Å². The molecule has 2 amide bonds. The fraction of sp³-hybridized carbons (Fsp3) is 0.111. The van der Waals surface area contributed by atoms with Gasteiger partial charge in [0.25, 0.3) is 0 Å². The molecule has 1 heterocycles. The smallest absolute Gasteiger partial charge is 0.319 e. The number of hydrogen-bond donors (Lipinski definition) is 2. The molecule has 0 saturated carbocycles. The Kier molecular flexibility index (Phi) is 4.68. The molecule has 0 saturated heterocycles. The number of aromatic nitrogens is 1. The maximum atomic E-state index is 11.9. The number of nitrogens with one attached hydrogen (secondary N) is 2. The second-order valence-corrected chi connectivity index (χ2v) is 6.05. The Bertz CT molecular complexity index is 799. The fourth-order valence-corrected chi connectivity index (χ4v) is 2.98. The van der Waals surface area contributed by atoms with Crippen molar-refractivity contribution in [3.63, 3.8) is 0 Å². The van der Waals surface area contributed by atoms with Crippen LogP contribution in [0.3, 0.4) is 0 Å². The van der Waals surface area contributed by atoms with Crippen LogP contribution in [0.5, 0.6) is 0 Å². The molecule has 116 valence electrons. The van der Waals surface area contributed by atoms with Crippen molar-refractivity contribution in [3.05, 3.63) is 71.2 Å². The van der Waals surface area contributed by atoms with E-state index in [9.17, 15) is 4.79 Å². The summed E-state index contributed by atoms with van der Waals surface area (Å²) in [4.78, 5) is 16.4. The van der Waals surface area contributed by atoms with Crippen molar-refractivity contribution in [3.8, 4) is 10.6 Å². The first kappa shape index (κ1) is 15.2. The number of benzene rings is 2. The Morgan fingerprint density at radius 1 is 1.13 bits per heavy atom. The van der Waals surface area contributed by atoms with Crippen LogP contribution in [-0.4, -0.2) is 11.0 Å². The average Bonchev–Trinajstić information content (AvgIpc) is 3.03. The molecule has 2 aromatic carbocycles. The van der Waals surface area contributed by atoms with Gasteiger partial charge in [-0.25, -0.2) is 9.78 Å². The summed E-state index contributed by atoms with van der Waals surface area (Å²) in [6.45, 7) is 2.47. The number of aryl methyl sites for hydroxylation is 1. The van der Waals surface area contributed by atoms with E-state index in [-0.39, 0.29) is 6.03 Å². The number of urea groups is 1. The normalized spacial score (nSPS) is 10.3. The highest BCUT2D eigenvalue weighted by Gasteiger charge is 2.07. The molecule has 0 atom stereocenters. The monoisotopic (exact) mass is 323 g/mol. The van der Waals surface area contributed by atoms with Crippen LogP contribution in [-0.2, 0) is 6.54 Å². The Morgan fingerprint density at radius 2 is 1.96 bits per heavy atom. The highest BCUT2D eigenvalue weighted by atomic mass is 32.1. The van der Waals surface area contributed by atoms with E-state index in [0.717, 1.165) is 22.0 Å². The van der Waals surface area contributed by atoms with Crippen molar-refractivity contribution in [1.82, 2.24) is 10.3 Å². The number of thiazole rings is 1. The number of amides is 2. The number of anilines is 1. The SMILES string of the molecule is Cc1cccc(-c2nc(CNC(=O)Nc3ccccc3)cs2)c1. The zero-order valence-corrected chi connectivity index (χ0v) is 13.6. The van der Waals surface area contributed by atoms with Crippen LogP contribution in [0.15, 0.2) is 60.0 Å². The molecule has 0 unspecified atom stereocenters. The predicted molar refractivity (Wildman–Crippen MR) is 94.6 cm³/mol. The van der Waals surface area contributed by atoms with E-state index in [1.807, 2.05) is 47.8 Å². The number of para-hydroxylation sites is 1. The molecule has 0 radical (unpaired) electrons. The minimum absolute atomic E-state index is 0.235. The Balaban J connectivity index is 1.58. The van der Waals surface area contributed by atoms with Crippen LogP contribution in [0, 0.1) is 6.92 Å². The largest absolute Gasteiger partial charge is 0.332 e. The van der Waals surface area contributed by atoms with Gasteiger partial charge in [0.05, 0.1) is 12.2 Å². The van der Waals surface area contributed by atoms with Gasteiger partial charge in [0.15, 0.2) is 0 Å². The number of carbonyl (C=O) groups excluding carboxylic acids is 1. The molecule has 0 aliphatic carbocycles. The summed E-state index contributed by atoms with van der Waals surface area (Å²) in [5, 5.41) is 8.54. The lowest BCUT2D eigenvalue weighted by Crippen LogP contribution is -2.28. The summed E-state index contributed by atoms with van der Waals surface area (Å²) in [5.41, 5.74) is 3.94. The van der Waals surface area contributed by atoms with Crippen molar-refractivity contribution in [1.29, 1.82) is 0 Å². The van der Waals surface area contributed by atoms with E-state index in [1.165, 1.54) is 5.56 Å². The first-order valence-corrected chi connectivity index (χ1v) is 8.20. The molecule has 0 aliphatic rings. The first-order chi connectivity index (χ1) is 11.2. The van der Waals surface area contributed by atoms with Gasteiger partial charge in [-0.1, -0.05) is 42.0 Å². The second kappa shape index (κ2) is 7.07. The third-order valence-electron chi connectivity index (χ3n) is 3.28. The summed E-state index contributed by atoms with van der Waals surface area (Å²) in [5.74, 6) is 0. The maximum absolute atomic E-state index is 11.9. The molecule has 0 spiro atoms. The van der Waals surface area contributed by atoms with Gasteiger partial charge >= 0.3 is 6.03 Å². The van der Waals surface area contributed by atoms with Crippen LogP contribution < -0.4 is 10.6 Å². The summed E-state index contributed by atoms with van der Waals surface area (Å²) in [7, 11) is 0. The first-order valence-electron chi connectivity index (χ1n) is 7.32. The van der Waals surface area contributed by atoms with Crippen LogP contribution in [0.4, 0.5) is 10.5 Å². The molecule has 5 heteroatoms. The van der Waals surface area contributed by atoms with Crippen molar-refractivity contribution in [2.75, 3.05) is 5.32 Å². The predicted octanol–water partition coefficient (Wildman–Crippen LogP) is 4.44. The molecule has 2 N–H and O–H groups in total. The number of hydrogen-bond acceptors (Lipinski definition) is 3. The topological polar surface area (TPSA) is 54.0 Å². The third kappa shape index (κ3) is 4.17. The van der Waals surface area contributed by atoms with Gasteiger partial charge in [-0.2, -0.15) is 0 Å². The number of rotatable bonds is 4. The van der Waals surface area contributed by atoms with Crippen LogP contribution in [0.2, 0.25) is 0 Å². The molecule has 3 rings (SSSR count). The Hall–Kier alpha value is -2.66. The lowest BCUT2D eigenvalue weighted by atomic mass is 10.1. The number of carbonyl (C=O) groups is 1. The van der Waals surface area contributed by atoms with E-state index in [4.69, 9.17) is 0 Å². The second-order valence-electron chi connectivity index (χ2n) is 5.19. The van der Waals surface area contributed by atoms with Gasteiger partial charge in [0.1, 0.15) is 5.01 Å². The van der Waals surface area contributed by atoms with E-state index in [1.54, 1.807) is 11.3 Å². The van der Waals surface area contributed by atoms with Gasteiger partial charge in [0.2, 0.25) is 0 Å². The standard InChI is InChI=1S/C18H17N3OS/c1-13-6-5-7-14(10-13)17-20-16(12-23-17)11-19-18(22)21-15-8-3-2-4-9-15/h2-10,12H,11H2,1H3,(H2,19,21,22). The van der Waals surface area contributed by atoms with E-state index in [2.05, 4.69) is 34.7 Å². The summed E-state index contributed by atoms with van der Waals surface area (Å²) >= 11 is 1.58. The molecule has 1 aromatic heterocycles. The highest BCUT2D eigenvalue weighted by Crippen LogP contribution is 2.24. The summed E-state index contributed by atoms with van der Waals surface area (Å²) < 4.78 is 0. The molecule has 3 aromatic rings. The maximum Gasteiger partial charge on any atom is 0.319 e. The minimum atomic E-state index is -0.235. The fourth-order valence-electron chi connectivity index (χ4n) is 2.17. The van der Waals surface area contributed by atoms with Gasteiger partial charge in [0, 0.05) is 16.6 Å². The molecular weight excluding hydrogens is 306 g/mol. The van der Waals surface area contributed by atoms with E-state index in [0.29, 0.717) is 6.54 Å². The van der Waals surface area contributed by atoms with Crippen molar-refractivity contribution in [2.45, 2.75) is 13.5 Å². The average molecular weight is 323 g/mol. The zero-order chi connectivity index (χ0) is 16.1.